The first kappa shape index (κ1) is 23.0. The quantitative estimate of drug-likeness (QED) is 0.388. The first-order valence-corrected chi connectivity index (χ1v) is 10.2. The van der Waals surface area contributed by atoms with Crippen LogP contribution in [0.5, 0.6) is 0 Å². The number of carbonyl (C=O) groups excluding carboxylic acids is 1. The van der Waals surface area contributed by atoms with E-state index in [1.807, 2.05) is 0 Å². The van der Waals surface area contributed by atoms with Gasteiger partial charge in [0.1, 0.15) is 30.2 Å². The van der Waals surface area contributed by atoms with E-state index < -0.39 is 30.2 Å². The molecule has 0 unspecified atom stereocenters. The van der Waals surface area contributed by atoms with Crippen molar-refractivity contribution in [2.45, 2.75) is 44.2 Å². The number of nitrogens with zero attached hydrogens (tertiary/aromatic N) is 3. The first-order valence-electron chi connectivity index (χ1n) is 10.2. The number of alkyl halides is 5. The van der Waals surface area contributed by atoms with Crippen molar-refractivity contribution in [3.05, 3.63) is 47.4 Å². The van der Waals surface area contributed by atoms with E-state index in [0.717, 1.165) is 12.4 Å². The van der Waals surface area contributed by atoms with Crippen LogP contribution in [0.15, 0.2) is 24.8 Å². The molecular formula is C21H19F6N5O. The van der Waals surface area contributed by atoms with Crippen LogP contribution in [0.3, 0.4) is 0 Å². The molecule has 33 heavy (non-hydrogen) atoms. The molecule has 1 fully saturated rings. The Balaban J connectivity index is 1.55. The molecule has 2 N–H and O–H groups in total. The predicted octanol–water partition coefficient (Wildman–Crippen LogP) is 5.07. The van der Waals surface area contributed by atoms with Crippen LogP contribution in [-0.4, -0.2) is 44.4 Å². The van der Waals surface area contributed by atoms with Crippen LogP contribution in [-0.2, 0) is 6.42 Å². The van der Waals surface area contributed by atoms with Crippen LogP contribution in [0.1, 0.15) is 47.3 Å². The lowest BCUT2D eigenvalue weighted by Crippen LogP contribution is -2.26. The highest BCUT2D eigenvalue weighted by Gasteiger charge is 2.35. The Labute approximate surface area is 183 Å². The van der Waals surface area contributed by atoms with Gasteiger partial charge in [-0.05, 0) is 31.2 Å². The Morgan fingerprint density at radius 1 is 1.18 bits per heavy atom. The highest BCUT2D eigenvalue weighted by molar-refractivity contribution is 6.17. The zero-order valence-electron chi connectivity index (χ0n) is 17.1. The number of aromatic nitrogens is 4. The fourth-order valence-electron chi connectivity index (χ4n) is 3.93. The van der Waals surface area contributed by atoms with Gasteiger partial charge in [-0.3, -0.25) is 9.78 Å². The van der Waals surface area contributed by atoms with Crippen LogP contribution >= 0.6 is 0 Å². The van der Waals surface area contributed by atoms with Crippen molar-refractivity contribution in [1.29, 1.82) is 0 Å². The number of rotatable bonds is 6. The summed E-state index contributed by atoms with van der Waals surface area (Å²) in [5.41, 5.74) is 0.0606. The average molecular weight is 471 g/mol. The van der Waals surface area contributed by atoms with E-state index in [-0.39, 0.29) is 71.7 Å². The van der Waals surface area contributed by atoms with Crippen LogP contribution in [0.4, 0.5) is 32.2 Å². The van der Waals surface area contributed by atoms with Crippen molar-refractivity contribution in [2.24, 2.45) is 5.92 Å². The number of H-pyrrole nitrogens is 1. The second-order valence-electron chi connectivity index (χ2n) is 8.10. The lowest BCUT2D eigenvalue weighted by atomic mass is 9.84. The van der Waals surface area contributed by atoms with E-state index in [0.29, 0.717) is 0 Å². The number of fused-ring (bicyclic) bond motifs is 1. The zero-order valence-corrected chi connectivity index (χ0v) is 17.1. The minimum absolute atomic E-state index is 0.0411. The van der Waals surface area contributed by atoms with Gasteiger partial charge in [-0.1, -0.05) is 0 Å². The fraction of sp³-hybridized carbons (Fsp3) is 0.429. The van der Waals surface area contributed by atoms with Gasteiger partial charge in [0.2, 0.25) is 5.92 Å². The molecule has 3 aromatic rings. The monoisotopic (exact) mass is 471 g/mol. The number of aromatic amines is 1. The van der Waals surface area contributed by atoms with E-state index in [1.165, 1.54) is 12.4 Å². The molecular weight excluding hydrogens is 452 g/mol. The van der Waals surface area contributed by atoms with Crippen LogP contribution in [0, 0.1) is 11.7 Å². The predicted molar refractivity (Wildman–Crippen MR) is 107 cm³/mol. The molecule has 176 valence electrons. The molecule has 4 rings (SSSR count). The van der Waals surface area contributed by atoms with Gasteiger partial charge in [0.15, 0.2) is 5.78 Å². The number of hydrogen-bond acceptors (Lipinski definition) is 5. The molecule has 1 saturated carbocycles. The van der Waals surface area contributed by atoms with Crippen molar-refractivity contribution in [2.75, 3.05) is 11.9 Å². The lowest BCUT2D eigenvalue weighted by molar-refractivity contribution is -0.115. The maximum atomic E-state index is 14.7. The molecule has 3 heterocycles. The van der Waals surface area contributed by atoms with Crippen molar-refractivity contribution in [3.8, 4) is 0 Å². The molecule has 0 amide bonds. The third-order valence-electron chi connectivity index (χ3n) is 5.67. The standard InChI is InChI=1S/C21H19F6N5O/c22-14-6-12(7-28-15(14)5-11-1-3-20(23,24)4-2-11)17(33)13-8-29-18-16(13)19(32-10-31-18)30-9-21(25,26)27/h6-8,10-11H,1-5,9H2,(H2,29,30,31,32). The number of nitrogens with one attached hydrogen (secondary N) is 2. The van der Waals surface area contributed by atoms with E-state index in [2.05, 4.69) is 25.3 Å². The molecule has 0 spiro atoms. The van der Waals surface area contributed by atoms with Crippen molar-refractivity contribution in [3.63, 3.8) is 0 Å². The Kier molecular flexibility index (Phi) is 6.02. The highest BCUT2D eigenvalue weighted by Crippen LogP contribution is 2.37. The topological polar surface area (TPSA) is 83.6 Å². The molecule has 12 heteroatoms. The summed E-state index contributed by atoms with van der Waals surface area (Å²) >= 11 is 0. The highest BCUT2D eigenvalue weighted by atomic mass is 19.4. The smallest absolute Gasteiger partial charge is 0.360 e. The summed E-state index contributed by atoms with van der Waals surface area (Å²) in [4.78, 5) is 27.4. The summed E-state index contributed by atoms with van der Waals surface area (Å²) in [7, 11) is 0. The van der Waals surface area contributed by atoms with E-state index in [1.54, 1.807) is 0 Å². The summed E-state index contributed by atoms with van der Waals surface area (Å²) in [5, 5.41) is 2.18. The molecule has 0 atom stereocenters. The van der Waals surface area contributed by atoms with Crippen LogP contribution in [0.25, 0.3) is 11.0 Å². The Morgan fingerprint density at radius 2 is 1.91 bits per heavy atom. The van der Waals surface area contributed by atoms with Crippen LogP contribution < -0.4 is 5.32 Å². The number of ketones is 1. The van der Waals surface area contributed by atoms with Crippen molar-refractivity contribution >= 4 is 22.6 Å². The summed E-state index contributed by atoms with van der Waals surface area (Å²) in [5.74, 6) is -4.43. The third kappa shape index (κ3) is 5.25. The molecule has 1 aliphatic carbocycles. The third-order valence-corrected chi connectivity index (χ3v) is 5.67. The molecule has 0 aliphatic heterocycles. The number of halogens is 6. The van der Waals surface area contributed by atoms with Gasteiger partial charge in [-0.2, -0.15) is 13.2 Å². The molecule has 0 bridgehead atoms. The maximum absolute atomic E-state index is 14.7. The van der Waals surface area contributed by atoms with E-state index in [4.69, 9.17) is 0 Å². The van der Waals surface area contributed by atoms with Gasteiger partial charge in [-0.25, -0.2) is 23.1 Å². The lowest BCUT2D eigenvalue weighted by Gasteiger charge is -2.28. The SMILES string of the molecule is O=C(c1cnc(CC2CCC(F)(F)CC2)c(F)c1)c1c[nH]c2ncnc(NCC(F)(F)F)c12. The number of carbonyl (C=O) groups is 1. The molecule has 0 saturated heterocycles. The second-order valence-corrected chi connectivity index (χ2v) is 8.10. The number of pyridine rings is 1. The van der Waals surface area contributed by atoms with Crippen LogP contribution in [0.2, 0.25) is 0 Å². The Hall–Kier alpha value is -3.18. The summed E-state index contributed by atoms with van der Waals surface area (Å²) in [6.45, 7) is -1.37. The van der Waals surface area contributed by atoms with Gasteiger partial charge < -0.3 is 10.3 Å². The number of hydrogen-bond donors (Lipinski definition) is 2. The van der Waals surface area contributed by atoms with Gasteiger partial charge in [0.05, 0.1) is 16.6 Å². The molecule has 6 nitrogen and oxygen atoms in total. The minimum atomic E-state index is -4.51. The van der Waals surface area contributed by atoms with Crippen molar-refractivity contribution < 1.29 is 31.1 Å². The number of anilines is 1. The Morgan fingerprint density at radius 3 is 2.58 bits per heavy atom. The molecule has 3 aromatic heterocycles. The fourth-order valence-corrected chi connectivity index (χ4v) is 3.93. The largest absolute Gasteiger partial charge is 0.405 e. The summed E-state index contributed by atoms with van der Waals surface area (Å²) < 4.78 is 79.1. The molecule has 0 aromatic carbocycles. The molecule has 0 radical (unpaired) electrons. The maximum Gasteiger partial charge on any atom is 0.405 e. The average Bonchev–Trinajstić information content (AvgIpc) is 3.19. The minimum Gasteiger partial charge on any atom is -0.360 e. The van der Waals surface area contributed by atoms with Gasteiger partial charge >= 0.3 is 6.18 Å². The van der Waals surface area contributed by atoms with Crippen molar-refractivity contribution in [1.82, 2.24) is 19.9 Å². The van der Waals surface area contributed by atoms with Gasteiger partial charge in [0.25, 0.3) is 0 Å². The van der Waals surface area contributed by atoms with E-state index >= 15 is 0 Å². The zero-order chi connectivity index (χ0) is 23.8. The summed E-state index contributed by atoms with van der Waals surface area (Å²) in [6, 6.07) is 0.994. The second kappa shape index (κ2) is 8.64. The Bertz CT molecular complexity index is 1170. The van der Waals surface area contributed by atoms with Gasteiger partial charge in [-0.15, -0.1) is 0 Å². The molecule has 1 aliphatic rings. The van der Waals surface area contributed by atoms with E-state index in [9.17, 15) is 31.1 Å². The summed E-state index contributed by atoms with van der Waals surface area (Å²) in [6.07, 6.45) is -0.819. The first-order chi connectivity index (χ1) is 15.5. The normalized spacial score (nSPS) is 16.8. The van der Waals surface area contributed by atoms with Gasteiger partial charge in [0, 0.05) is 30.8 Å².